The molecule has 0 aliphatic carbocycles. The van der Waals surface area contributed by atoms with Crippen molar-refractivity contribution in [2.75, 3.05) is 47.0 Å². The number of aryl methyl sites for hydroxylation is 2. The fourth-order valence-electron chi connectivity index (χ4n) is 6.42. The summed E-state index contributed by atoms with van der Waals surface area (Å²) in [6.07, 6.45) is 0. The first-order chi connectivity index (χ1) is 29.4. The van der Waals surface area contributed by atoms with Crippen LogP contribution in [0.25, 0.3) is 0 Å². The van der Waals surface area contributed by atoms with E-state index in [2.05, 4.69) is 15.9 Å². The molecule has 2 aliphatic heterocycles. The number of para-hydroxylation sites is 4. The zero-order valence-corrected chi connectivity index (χ0v) is 41.0. The third kappa shape index (κ3) is 13.5. The van der Waals surface area contributed by atoms with Crippen molar-refractivity contribution < 1.29 is 55.2 Å². The number of rotatable bonds is 10. The predicted molar refractivity (Wildman–Crippen MR) is 247 cm³/mol. The minimum atomic E-state index is -4.04. The molecule has 19 heteroatoms. The summed E-state index contributed by atoms with van der Waals surface area (Å²) in [5.41, 5.74) is 0.883. The van der Waals surface area contributed by atoms with Crippen LogP contribution in [0.3, 0.4) is 0 Å². The lowest BCUT2D eigenvalue weighted by Gasteiger charge is -2.37. The Labute approximate surface area is 388 Å². The molecule has 2 aliphatic rings. The van der Waals surface area contributed by atoms with Crippen molar-refractivity contribution in [3.63, 3.8) is 0 Å². The standard InChI is InChI=1S/C22H26ClNO6S.C16H16ClNO4S.C6H11BrO2/c1-15-8-7-9-17(23)21(15)31(26,27)24-16(12-28-14-20(25)30-22(2,3)4)13-29-19-11-6-5-10-18(19)24;1-11-5-4-6-13(17)16(11)23(20,21)18-12(9-19)10-22-15-8-3-2-7-14(15)18;1-6(2,3)9-5(8)4-7/h5-11,16H,12-14H2,1-4H3;2-8,12,19H,9-10H2,1H3;4H2,1-3H3. The molecule has 0 aromatic heterocycles. The molecule has 2 heterocycles. The topological polar surface area (TPSA) is 175 Å². The Morgan fingerprint density at radius 1 is 0.683 bits per heavy atom. The Kier molecular flexibility index (Phi) is 17.8. The Bertz CT molecular complexity index is 2420. The third-order valence-electron chi connectivity index (χ3n) is 8.78. The summed E-state index contributed by atoms with van der Waals surface area (Å²) < 4.78 is 83.4. The summed E-state index contributed by atoms with van der Waals surface area (Å²) in [6, 6.07) is 22.2. The number of fused-ring (bicyclic) bond motifs is 2. The van der Waals surface area contributed by atoms with E-state index in [4.69, 9.17) is 46.9 Å². The Morgan fingerprint density at radius 3 is 1.49 bits per heavy atom. The molecular formula is C44H53BrCl2N2O12S2. The maximum Gasteiger partial charge on any atom is 0.332 e. The molecule has 2 atom stereocenters. The molecule has 4 aromatic carbocycles. The van der Waals surface area contributed by atoms with Crippen LogP contribution in [0.1, 0.15) is 52.7 Å². The van der Waals surface area contributed by atoms with Crippen LogP contribution in [0, 0.1) is 13.8 Å². The maximum atomic E-state index is 13.7. The van der Waals surface area contributed by atoms with Gasteiger partial charge in [0.1, 0.15) is 69.7 Å². The number of halogens is 3. The number of nitrogens with zero attached hydrogens (tertiary/aromatic N) is 2. The van der Waals surface area contributed by atoms with Gasteiger partial charge in [-0.25, -0.2) is 21.6 Å². The molecule has 63 heavy (non-hydrogen) atoms. The van der Waals surface area contributed by atoms with Crippen LogP contribution in [0.5, 0.6) is 11.5 Å². The molecule has 0 fully saturated rings. The van der Waals surface area contributed by atoms with Crippen LogP contribution in [0.15, 0.2) is 94.7 Å². The van der Waals surface area contributed by atoms with Crippen LogP contribution in [0.2, 0.25) is 10.0 Å². The number of benzene rings is 4. The number of hydrogen-bond donors (Lipinski definition) is 1. The van der Waals surface area contributed by atoms with Gasteiger partial charge in [0.2, 0.25) is 0 Å². The molecule has 2 unspecified atom stereocenters. The predicted octanol–water partition coefficient (Wildman–Crippen LogP) is 8.28. The number of carbonyl (C=O) groups is 2. The highest BCUT2D eigenvalue weighted by Crippen LogP contribution is 2.41. The van der Waals surface area contributed by atoms with E-state index in [0.717, 1.165) is 0 Å². The van der Waals surface area contributed by atoms with E-state index in [9.17, 15) is 31.5 Å². The fraction of sp³-hybridized carbons (Fsp3) is 0.409. The smallest absolute Gasteiger partial charge is 0.332 e. The Morgan fingerprint density at radius 2 is 1.10 bits per heavy atom. The van der Waals surface area contributed by atoms with Crippen molar-refractivity contribution in [2.45, 2.75) is 88.5 Å². The van der Waals surface area contributed by atoms with Gasteiger partial charge in [-0.15, -0.1) is 0 Å². The average Bonchev–Trinajstić information content (AvgIpc) is 3.19. The van der Waals surface area contributed by atoms with Gasteiger partial charge >= 0.3 is 11.9 Å². The van der Waals surface area contributed by atoms with Crippen molar-refractivity contribution in [3.8, 4) is 11.5 Å². The van der Waals surface area contributed by atoms with Gasteiger partial charge in [-0.2, -0.15) is 0 Å². The summed E-state index contributed by atoms with van der Waals surface area (Å²) in [4.78, 5) is 22.6. The monoisotopic (exact) mass is 1010 g/mol. The van der Waals surface area contributed by atoms with Gasteiger partial charge in [0.15, 0.2) is 0 Å². The first-order valence-corrected chi connectivity index (χ1v) is 24.4. The second kappa shape index (κ2) is 21.7. The lowest BCUT2D eigenvalue weighted by Crippen LogP contribution is -2.49. The van der Waals surface area contributed by atoms with Crippen molar-refractivity contribution in [3.05, 3.63) is 106 Å². The molecule has 0 bridgehead atoms. The molecule has 344 valence electrons. The van der Waals surface area contributed by atoms with Gasteiger partial charge in [0.05, 0.1) is 34.6 Å². The van der Waals surface area contributed by atoms with Gasteiger partial charge in [-0.3, -0.25) is 13.4 Å². The zero-order valence-electron chi connectivity index (χ0n) is 36.3. The van der Waals surface area contributed by atoms with Crippen molar-refractivity contribution >= 4 is 82.5 Å². The van der Waals surface area contributed by atoms with Crippen LogP contribution in [-0.4, -0.2) is 95.5 Å². The minimum Gasteiger partial charge on any atom is -0.489 e. The van der Waals surface area contributed by atoms with Crippen molar-refractivity contribution in [1.82, 2.24) is 0 Å². The summed E-state index contributed by atoms with van der Waals surface area (Å²) in [7, 11) is -7.98. The number of aliphatic hydroxyl groups excluding tert-OH is 1. The molecule has 0 spiro atoms. The number of aliphatic hydroxyl groups is 1. The fourth-order valence-corrected chi connectivity index (χ4v) is 11.4. The van der Waals surface area contributed by atoms with Gasteiger partial charge in [-0.05, 0) is 103 Å². The number of anilines is 2. The number of ether oxygens (including phenoxy) is 5. The van der Waals surface area contributed by atoms with E-state index >= 15 is 0 Å². The minimum absolute atomic E-state index is 0.0329. The van der Waals surface area contributed by atoms with Gasteiger partial charge < -0.3 is 28.8 Å². The Balaban J connectivity index is 0.000000238. The number of alkyl halides is 1. The van der Waals surface area contributed by atoms with Gasteiger partial charge in [0.25, 0.3) is 20.0 Å². The SMILES string of the molecule is CC(C)(C)OC(=O)CBr.Cc1cccc(Cl)c1S(=O)(=O)N1c2ccccc2OCC1CO.Cc1cccc(Cl)c1S(=O)(=O)N1c2ccccc2OCC1COCC(=O)OC(C)(C)C. The summed E-state index contributed by atoms with van der Waals surface area (Å²) >= 11 is 15.4. The van der Waals surface area contributed by atoms with Gasteiger partial charge in [-0.1, -0.05) is 87.7 Å². The lowest BCUT2D eigenvalue weighted by atomic mass is 10.2. The number of esters is 2. The van der Waals surface area contributed by atoms with Crippen molar-refractivity contribution in [1.29, 1.82) is 0 Å². The van der Waals surface area contributed by atoms with Crippen LogP contribution in [-0.2, 0) is 43.8 Å². The highest BCUT2D eigenvalue weighted by molar-refractivity contribution is 9.09. The van der Waals surface area contributed by atoms with E-state index in [0.29, 0.717) is 34.0 Å². The second-order valence-electron chi connectivity index (χ2n) is 16.2. The number of sulfonamides is 2. The molecule has 14 nitrogen and oxygen atoms in total. The Hall–Kier alpha value is -4.10. The summed E-state index contributed by atoms with van der Waals surface area (Å²) in [6.45, 7) is 13.6. The van der Waals surface area contributed by atoms with Crippen LogP contribution in [0.4, 0.5) is 11.4 Å². The van der Waals surface area contributed by atoms with Crippen molar-refractivity contribution in [2.24, 2.45) is 0 Å². The molecule has 0 amide bonds. The van der Waals surface area contributed by atoms with E-state index < -0.39 is 43.7 Å². The van der Waals surface area contributed by atoms with E-state index in [1.54, 1.807) is 120 Å². The lowest BCUT2D eigenvalue weighted by molar-refractivity contribution is -0.160. The summed E-state index contributed by atoms with van der Waals surface area (Å²) in [5, 5.41) is 10.2. The number of carbonyl (C=O) groups excluding carboxylic acids is 2. The van der Waals surface area contributed by atoms with E-state index in [1.165, 1.54) is 8.61 Å². The van der Waals surface area contributed by atoms with Crippen LogP contribution >= 0.6 is 39.1 Å². The highest BCUT2D eigenvalue weighted by atomic mass is 79.9. The third-order valence-corrected chi connectivity index (χ3v) is 14.2. The maximum absolute atomic E-state index is 13.7. The first-order valence-electron chi connectivity index (χ1n) is 19.6. The van der Waals surface area contributed by atoms with Crippen LogP contribution < -0.4 is 18.1 Å². The largest absolute Gasteiger partial charge is 0.489 e. The normalized spacial score (nSPS) is 16.1. The quantitative estimate of drug-likeness (QED) is 0.119. The van der Waals surface area contributed by atoms with E-state index in [-0.39, 0.29) is 69.8 Å². The molecule has 0 saturated heterocycles. The molecule has 0 saturated carbocycles. The highest BCUT2D eigenvalue weighted by Gasteiger charge is 2.40. The molecule has 4 aromatic rings. The second-order valence-corrected chi connectivity index (χ2v) is 21.1. The molecule has 1 N–H and O–H groups in total. The molecule has 6 rings (SSSR count). The average molecular weight is 1020 g/mol. The molecular weight excluding hydrogens is 963 g/mol. The molecule has 0 radical (unpaired) electrons. The number of hydrogen-bond acceptors (Lipinski definition) is 12. The zero-order chi connectivity index (χ0) is 46.9. The first kappa shape index (κ1) is 51.5. The summed E-state index contributed by atoms with van der Waals surface area (Å²) in [5.74, 6) is 0.160. The van der Waals surface area contributed by atoms with Gasteiger partial charge in [0, 0.05) is 0 Å². The van der Waals surface area contributed by atoms with E-state index in [1.807, 2.05) is 20.8 Å².